The third kappa shape index (κ3) is 2.63. The minimum atomic E-state index is -0.680. The maximum absolute atomic E-state index is 13.0. The second-order valence-electron chi connectivity index (χ2n) is 7.63. The average molecular weight is 330 g/mol. The number of hydrogen-bond donors (Lipinski definition) is 2. The highest BCUT2D eigenvalue weighted by molar-refractivity contribution is 6.19. The minimum Gasteiger partial charge on any atom is -0.507 e. The predicted molar refractivity (Wildman–Crippen MR) is 88.4 cm³/mol. The van der Waals surface area contributed by atoms with Crippen LogP contribution in [-0.4, -0.2) is 33.5 Å². The first-order chi connectivity index (χ1) is 11.1. The molecule has 5 nitrogen and oxygen atoms in total. The van der Waals surface area contributed by atoms with E-state index in [1.165, 1.54) is 12.1 Å². The number of rotatable bonds is 1. The SMILES string of the molecule is CC1=C[C@@H](OC(C)(C)C)[C@@H]2C(=O)c3c(O)ccc(O)c3C(=O)[C@@H]2C1. The normalized spacial score (nSPS) is 26.7. The molecule has 3 atom stereocenters. The molecular formula is C19H22O5. The fraction of sp³-hybridized carbons (Fsp3) is 0.474. The van der Waals surface area contributed by atoms with Gasteiger partial charge in [0, 0.05) is 5.92 Å². The van der Waals surface area contributed by atoms with Crippen molar-refractivity contribution in [2.24, 2.45) is 11.8 Å². The molecule has 0 radical (unpaired) electrons. The lowest BCUT2D eigenvalue weighted by molar-refractivity contribution is -0.0667. The van der Waals surface area contributed by atoms with Crippen LogP contribution in [0.3, 0.4) is 0 Å². The van der Waals surface area contributed by atoms with E-state index < -0.39 is 23.5 Å². The number of phenols is 2. The molecule has 2 N–H and O–H groups in total. The van der Waals surface area contributed by atoms with E-state index in [1.807, 2.05) is 33.8 Å². The van der Waals surface area contributed by atoms with Crippen LogP contribution in [0.5, 0.6) is 11.5 Å². The summed E-state index contributed by atoms with van der Waals surface area (Å²) in [7, 11) is 0. The van der Waals surface area contributed by atoms with Gasteiger partial charge >= 0.3 is 0 Å². The Morgan fingerprint density at radius 1 is 1.04 bits per heavy atom. The largest absolute Gasteiger partial charge is 0.507 e. The lowest BCUT2D eigenvalue weighted by Gasteiger charge is -2.40. The van der Waals surface area contributed by atoms with Gasteiger partial charge in [-0.15, -0.1) is 0 Å². The van der Waals surface area contributed by atoms with E-state index >= 15 is 0 Å². The van der Waals surface area contributed by atoms with Gasteiger partial charge in [0.1, 0.15) is 11.5 Å². The first-order valence-electron chi connectivity index (χ1n) is 8.08. The van der Waals surface area contributed by atoms with Gasteiger partial charge in [0.15, 0.2) is 11.6 Å². The van der Waals surface area contributed by atoms with Gasteiger partial charge in [-0.1, -0.05) is 11.6 Å². The van der Waals surface area contributed by atoms with Crippen molar-refractivity contribution in [2.75, 3.05) is 0 Å². The second kappa shape index (κ2) is 5.45. The standard InChI is InChI=1S/C19H22O5/c1-9-7-10-14(13(8-9)24-19(2,3)4)18(23)16-12(21)6-5-11(20)15(16)17(10)22/h5-6,8,10,13-14,20-21H,7H2,1-4H3/t10-,13-,14-/m1/s1. The van der Waals surface area contributed by atoms with E-state index in [-0.39, 0.29) is 34.2 Å². The molecule has 0 fully saturated rings. The average Bonchev–Trinajstić information content (AvgIpc) is 2.44. The third-order valence-electron chi connectivity index (χ3n) is 4.56. The Kier molecular flexibility index (Phi) is 3.79. The van der Waals surface area contributed by atoms with Crippen LogP contribution in [0.15, 0.2) is 23.8 Å². The summed E-state index contributed by atoms with van der Waals surface area (Å²) in [4.78, 5) is 26.0. The first-order valence-corrected chi connectivity index (χ1v) is 8.08. The van der Waals surface area contributed by atoms with Crippen molar-refractivity contribution in [3.05, 3.63) is 34.9 Å². The van der Waals surface area contributed by atoms with E-state index in [1.54, 1.807) is 0 Å². The molecule has 128 valence electrons. The number of benzene rings is 1. The maximum atomic E-state index is 13.0. The highest BCUT2D eigenvalue weighted by Crippen LogP contribution is 2.45. The zero-order valence-corrected chi connectivity index (χ0v) is 14.3. The van der Waals surface area contributed by atoms with Gasteiger partial charge in [0.2, 0.25) is 0 Å². The number of allylic oxidation sites excluding steroid dienone is 1. The van der Waals surface area contributed by atoms with Crippen molar-refractivity contribution in [1.29, 1.82) is 0 Å². The van der Waals surface area contributed by atoms with Crippen LogP contribution in [0.4, 0.5) is 0 Å². The lowest BCUT2D eigenvalue weighted by Crippen LogP contribution is -2.47. The molecular weight excluding hydrogens is 308 g/mol. The first kappa shape index (κ1) is 16.7. The molecule has 5 heteroatoms. The van der Waals surface area contributed by atoms with Crippen molar-refractivity contribution in [1.82, 2.24) is 0 Å². The Morgan fingerprint density at radius 3 is 2.12 bits per heavy atom. The zero-order chi connectivity index (χ0) is 17.8. The van der Waals surface area contributed by atoms with E-state index in [4.69, 9.17) is 4.74 Å². The topological polar surface area (TPSA) is 83.8 Å². The smallest absolute Gasteiger partial charge is 0.174 e. The number of Topliss-reactive ketones (excluding diaryl/α,β-unsaturated/α-hetero) is 2. The summed E-state index contributed by atoms with van der Waals surface area (Å²) < 4.78 is 6.03. The fourth-order valence-corrected chi connectivity index (χ4v) is 3.69. The monoisotopic (exact) mass is 330 g/mol. The number of carbonyl (C=O) groups is 2. The van der Waals surface area contributed by atoms with Crippen molar-refractivity contribution >= 4 is 11.6 Å². The van der Waals surface area contributed by atoms with Crippen LogP contribution in [0.1, 0.15) is 54.8 Å². The summed E-state index contributed by atoms with van der Waals surface area (Å²) in [6.45, 7) is 7.59. The zero-order valence-electron chi connectivity index (χ0n) is 14.3. The molecule has 2 aliphatic rings. The molecule has 2 aliphatic carbocycles. The van der Waals surface area contributed by atoms with E-state index in [2.05, 4.69) is 0 Å². The fourth-order valence-electron chi connectivity index (χ4n) is 3.69. The van der Waals surface area contributed by atoms with Crippen LogP contribution in [-0.2, 0) is 4.74 Å². The molecule has 24 heavy (non-hydrogen) atoms. The van der Waals surface area contributed by atoms with Crippen molar-refractivity contribution in [2.45, 2.75) is 45.8 Å². The molecule has 0 bridgehead atoms. The number of aromatic hydroxyl groups is 2. The summed E-state index contributed by atoms with van der Waals surface area (Å²) in [6, 6.07) is 2.48. The molecule has 0 saturated carbocycles. The quantitative estimate of drug-likeness (QED) is 0.610. The summed E-state index contributed by atoms with van der Waals surface area (Å²) in [5, 5.41) is 20.1. The van der Waals surface area contributed by atoms with Gasteiger partial charge in [0.05, 0.1) is 28.7 Å². The Balaban J connectivity index is 2.14. The van der Waals surface area contributed by atoms with Gasteiger partial charge in [-0.25, -0.2) is 0 Å². The maximum Gasteiger partial charge on any atom is 0.174 e. The van der Waals surface area contributed by atoms with Crippen molar-refractivity contribution < 1.29 is 24.5 Å². The van der Waals surface area contributed by atoms with Gasteiger partial charge < -0.3 is 14.9 Å². The molecule has 0 heterocycles. The molecule has 1 aromatic rings. The highest BCUT2D eigenvalue weighted by atomic mass is 16.5. The van der Waals surface area contributed by atoms with Crippen LogP contribution < -0.4 is 0 Å². The molecule has 1 aromatic carbocycles. The molecule has 0 aliphatic heterocycles. The molecule has 0 aromatic heterocycles. The highest BCUT2D eigenvalue weighted by Gasteiger charge is 2.49. The van der Waals surface area contributed by atoms with E-state index in [0.29, 0.717) is 6.42 Å². The van der Waals surface area contributed by atoms with E-state index in [9.17, 15) is 19.8 Å². The number of fused-ring (bicyclic) bond motifs is 2. The number of carbonyl (C=O) groups excluding carboxylic acids is 2. The van der Waals surface area contributed by atoms with Gasteiger partial charge in [-0.2, -0.15) is 0 Å². The summed E-state index contributed by atoms with van der Waals surface area (Å²) in [5.74, 6) is -2.45. The number of ether oxygens (including phenoxy) is 1. The van der Waals surface area contributed by atoms with Gasteiger partial charge in [-0.05, 0) is 46.2 Å². The minimum absolute atomic E-state index is 0.0644. The summed E-state index contributed by atoms with van der Waals surface area (Å²) >= 11 is 0. The van der Waals surface area contributed by atoms with Crippen LogP contribution in [0, 0.1) is 11.8 Å². The third-order valence-corrected chi connectivity index (χ3v) is 4.56. The van der Waals surface area contributed by atoms with Crippen molar-refractivity contribution in [3.8, 4) is 11.5 Å². The summed E-state index contributed by atoms with van der Waals surface area (Å²) in [6.07, 6.45) is 1.81. The Morgan fingerprint density at radius 2 is 1.58 bits per heavy atom. The predicted octanol–water partition coefficient (Wildman–Crippen LogP) is 3.24. The number of hydrogen-bond acceptors (Lipinski definition) is 5. The van der Waals surface area contributed by atoms with Crippen LogP contribution in [0.25, 0.3) is 0 Å². The Bertz CT molecular complexity index is 754. The van der Waals surface area contributed by atoms with Crippen molar-refractivity contribution in [3.63, 3.8) is 0 Å². The Hall–Kier alpha value is -2.14. The van der Waals surface area contributed by atoms with Gasteiger partial charge in [0.25, 0.3) is 0 Å². The second-order valence-corrected chi connectivity index (χ2v) is 7.63. The molecule has 0 amide bonds. The molecule has 0 saturated heterocycles. The summed E-state index contributed by atoms with van der Waals surface area (Å²) in [5.41, 5.74) is 0.352. The van der Waals surface area contributed by atoms with Gasteiger partial charge in [-0.3, -0.25) is 9.59 Å². The van der Waals surface area contributed by atoms with Crippen LogP contribution in [0.2, 0.25) is 0 Å². The number of phenolic OH excluding ortho intramolecular Hbond substituents is 2. The Labute approximate surface area is 140 Å². The van der Waals surface area contributed by atoms with Crippen LogP contribution >= 0.6 is 0 Å². The number of ketones is 2. The molecule has 0 spiro atoms. The molecule has 3 rings (SSSR count). The lowest BCUT2D eigenvalue weighted by atomic mass is 9.66. The molecule has 0 unspecified atom stereocenters. The van der Waals surface area contributed by atoms with E-state index in [0.717, 1.165) is 5.57 Å².